The Hall–Kier alpha value is -1.39. The summed E-state index contributed by atoms with van der Waals surface area (Å²) in [6.45, 7) is 2.20. The number of nitrogens with one attached hydrogen (secondary N) is 1. The summed E-state index contributed by atoms with van der Waals surface area (Å²) in [6, 6.07) is 10.2. The zero-order valence-electron chi connectivity index (χ0n) is 12.3. The molecule has 1 aliphatic heterocycles. The monoisotopic (exact) mass is 276 g/mol. The Morgan fingerprint density at radius 2 is 1.95 bits per heavy atom. The number of carbonyl (C=O) groups excluding carboxylic acids is 1. The Bertz CT molecular complexity index is 414. The van der Waals surface area contributed by atoms with Gasteiger partial charge in [0.15, 0.2) is 0 Å². The van der Waals surface area contributed by atoms with Gasteiger partial charge in [-0.25, -0.2) is 0 Å². The van der Waals surface area contributed by atoms with E-state index in [2.05, 4.69) is 22.3 Å². The number of amides is 1. The summed E-state index contributed by atoms with van der Waals surface area (Å²) in [6.07, 6.45) is 1.66. The first-order valence-electron chi connectivity index (χ1n) is 7.24. The third-order valence-electron chi connectivity index (χ3n) is 3.66. The quantitative estimate of drug-likeness (QED) is 0.892. The third kappa shape index (κ3) is 4.32. The molecule has 1 saturated heterocycles. The lowest BCUT2D eigenvalue weighted by atomic mass is 9.98. The molecular weight excluding hydrogens is 252 g/mol. The fourth-order valence-corrected chi connectivity index (χ4v) is 2.53. The van der Waals surface area contributed by atoms with Crippen LogP contribution in [0.4, 0.5) is 0 Å². The fourth-order valence-electron chi connectivity index (χ4n) is 2.53. The van der Waals surface area contributed by atoms with Crippen LogP contribution in [-0.2, 0) is 9.53 Å². The molecule has 1 atom stereocenters. The predicted molar refractivity (Wildman–Crippen MR) is 79.4 cm³/mol. The van der Waals surface area contributed by atoms with Crippen LogP contribution in [0.5, 0.6) is 0 Å². The number of nitrogens with zero attached hydrogens (tertiary/aromatic N) is 1. The standard InChI is InChI=1S/C16H24N2O2/c1-18(2)12-15(13-6-4-3-5-7-13)17-16(19)14-8-10-20-11-9-14/h3-7,14-15H,8-12H2,1-2H3,(H,17,19). The molecule has 0 aromatic heterocycles. The van der Waals surface area contributed by atoms with Crippen molar-refractivity contribution in [1.82, 2.24) is 10.2 Å². The molecule has 4 nitrogen and oxygen atoms in total. The van der Waals surface area contributed by atoms with Crippen LogP contribution < -0.4 is 5.32 Å². The molecule has 1 unspecified atom stereocenters. The largest absolute Gasteiger partial charge is 0.381 e. The average Bonchev–Trinajstić information content (AvgIpc) is 2.48. The van der Waals surface area contributed by atoms with Gasteiger partial charge in [-0.1, -0.05) is 30.3 Å². The summed E-state index contributed by atoms with van der Waals surface area (Å²) in [5, 5.41) is 3.20. The first-order valence-corrected chi connectivity index (χ1v) is 7.24. The van der Waals surface area contributed by atoms with Gasteiger partial charge in [-0.15, -0.1) is 0 Å². The van der Waals surface area contributed by atoms with Gasteiger partial charge in [0.1, 0.15) is 0 Å². The molecule has 4 heteroatoms. The number of rotatable bonds is 5. The molecule has 2 rings (SSSR count). The topological polar surface area (TPSA) is 41.6 Å². The first kappa shape index (κ1) is 15.0. The van der Waals surface area contributed by atoms with Crippen LogP contribution >= 0.6 is 0 Å². The lowest BCUT2D eigenvalue weighted by Gasteiger charge is -2.27. The molecule has 0 aliphatic carbocycles. The van der Waals surface area contributed by atoms with E-state index in [1.165, 1.54) is 0 Å². The molecule has 20 heavy (non-hydrogen) atoms. The van der Waals surface area contributed by atoms with Crippen molar-refractivity contribution in [1.29, 1.82) is 0 Å². The minimum absolute atomic E-state index is 0.0431. The molecule has 110 valence electrons. The van der Waals surface area contributed by atoms with Gasteiger partial charge in [-0.2, -0.15) is 0 Å². The van der Waals surface area contributed by atoms with Crippen LogP contribution in [0.2, 0.25) is 0 Å². The minimum atomic E-state index is 0.0431. The molecular formula is C16H24N2O2. The zero-order valence-corrected chi connectivity index (χ0v) is 12.3. The van der Waals surface area contributed by atoms with Gasteiger partial charge >= 0.3 is 0 Å². The van der Waals surface area contributed by atoms with Gasteiger partial charge in [0, 0.05) is 25.7 Å². The van der Waals surface area contributed by atoms with Gasteiger partial charge in [0.25, 0.3) is 0 Å². The Morgan fingerprint density at radius 1 is 1.30 bits per heavy atom. The second-order valence-electron chi connectivity index (χ2n) is 5.62. The maximum atomic E-state index is 12.4. The van der Waals surface area contributed by atoms with Crippen molar-refractivity contribution in [3.8, 4) is 0 Å². The van der Waals surface area contributed by atoms with Crippen LogP contribution in [0.15, 0.2) is 30.3 Å². The second-order valence-corrected chi connectivity index (χ2v) is 5.62. The van der Waals surface area contributed by atoms with Crippen molar-refractivity contribution in [2.24, 2.45) is 5.92 Å². The molecule has 1 N–H and O–H groups in total. The second kappa shape index (κ2) is 7.41. The van der Waals surface area contributed by atoms with E-state index >= 15 is 0 Å². The van der Waals surface area contributed by atoms with E-state index in [1.54, 1.807) is 0 Å². The lowest BCUT2D eigenvalue weighted by molar-refractivity contribution is -0.128. The van der Waals surface area contributed by atoms with Crippen LogP contribution in [0.3, 0.4) is 0 Å². The van der Waals surface area contributed by atoms with Crippen molar-refractivity contribution in [2.75, 3.05) is 33.9 Å². The molecule has 0 saturated carbocycles. The molecule has 1 aromatic rings. The van der Waals surface area contributed by atoms with Crippen LogP contribution in [0.1, 0.15) is 24.4 Å². The van der Waals surface area contributed by atoms with Gasteiger partial charge < -0.3 is 15.0 Å². The zero-order chi connectivity index (χ0) is 14.4. The van der Waals surface area contributed by atoms with E-state index in [0.717, 1.165) is 24.9 Å². The third-order valence-corrected chi connectivity index (χ3v) is 3.66. The van der Waals surface area contributed by atoms with Crippen molar-refractivity contribution in [3.63, 3.8) is 0 Å². The fraction of sp³-hybridized carbons (Fsp3) is 0.562. The molecule has 1 fully saturated rings. The molecule has 1 aliphatic rings. The first-order chi connectivity index (χ1) is 9.66. The van der Waals surface area contributed by atoms with Crippen molar-refractivity contribution >= 4 is 5.91 Å². The summed E-state index contributed by atoms with van der Waals surface area (Å²) in [5.41, 5.74) is 1.15. The Labute approximate surface area is 121 Å². The van der Waals surface area contributed by atoms with E-state index in [-0.39, 0.29) is 17.9 Å². The number of benzene rings is 1. The molecule has 1 amide bonds. The van der Waals surface area contributed by atoms with E-state index in [1.807, 2.05) is 32.3 Å². The molecule has 1 heterocycles. The molecule has 0 bridgehead atoms. The van der Waals surface area contributed by atoms with E-state index in [9.17, 15) is 4.79 Å². The highest BCUT2D eigenvalue weighted by atomic mass is 16.5. The van der Waals surface area contributed by atoms with E-state index in [0.29, 0.717) is 13.2 Å². The summed E-state index contributed by atoms with van der Waals surface area (Å²) >= 11 is 0. The highest BCUT2D eigenvalue weighted by Crippen LogP contribution is 2.18. The highest BCUT2D eigenvalue weighted by Gasteiger charge is 2.24. The van der Waals surface area contributed by atoms with E-state index < -0.39 is 0 Å². The predicted octanol–water partition coefficient (Wildman–Crippen LogP) is 1.83. The minimum Gasteiger partial charge on any atom is -0.381 e. The van der Waals surface area contributed by atoms with E-state index in [4.69, 9.17) is 4.74 Å². The summed E-state index contributed by atoms with van der Waals surface area (Å²) < 4.78 is 5.32. The molecule has 0 radical (unpaired) electrons. The van der Waals surface area contributed by atoms with Gasteiger partial charge in [-0.3, -0.25) is 4.79 Å². The van der Waals surface area contributed by atoms with Crippen molar-refractivity contribution in [3.05, 3.63) is 35.9 Å². The summed E-state index contributed by atoms with van der Waals surface area (Å²) in [5.74, 6) is 0.251. The van der Waals surface area contributed by atoms with Gasteiger partial charge in [-0.05, 0) is 32.5 Å². The normalized spacial score (nSPS) is 17.9. The SMILES string of the molecule is CN(C)CC(NC(=O)C1CCOCC1)c1ccccc1. The molecule has 0 spiro atoms. The number of carbonyl (C=O) groups is 1. The summed E-state index contributed by atoms with van der Waals surface area (Å²) in [4.78, 5) is 14.5. The Morgan fingerprint density at radius 3 is 2.55 bits per heavy atom. The van der Waals surface area contributed by atoms with Gasteiger partial charge in [0.05, 0.1) is 6.04 Å². The van der Waals surface area contributed by atoms with Crippen molar-refractivity contribution < 1.29 is 9.53 Å². The lowest BCUT2D eigenvalue weighted by Crippen LogP contribution is -2.40. The number of ether oxygens (including phenoxy) is 1. The highest BCUT2D eigenvalue weighted by molar-refractivity contribution is 5.79. The smallest absolute Gasteiger partial charge is 0.223 e. The summed E-state index contributed by atoms with van der Waals surface area (Å²) in [7, 11) is 4.05. The van der Waals surface area contributed by atoms with Gasteiger partial charge in [0.2, 0.25) is 5.91 Å². The van der Waals surface area contributed by atoms with Crippen LogP contribution in [0.25, 0.3) is 0 Å². The van der Waals surface area contributed by atoms with Crippen LogP contribution in [-0.4, -0.2) is 44.7 Å². The number of hydrogen-bond acceptors (Lipinski definition) is 3. The van der Waals surface area contributed by atoms with Crippen molar-refractivity contribution in [2.45, 2.75) is 18.9 Å². The molecule has 1 aromatic carbocycles. The number of hydrogen-bond donors (Lipinski definition) is 1. The Kier molecular flexibility index (Phi) is 5.56. The maximum absolute atomic E-state index is 12.4. The van der Waals surface area contributed by atoms with Crippen LogP contribution in [0, 0.1) is 5.92 Å². The Balaban J connectivity index is 2.01. The average molecular weight is 276 g/mol. The number of likely N-dealkylation sites (N-methyl/N-ethyl adjacent to an activating group) is 1. The maximum Gasteiger partial charge on any atom is 0.223 e.